The number of aliphatic hydroxyl groups excluding tert-OH is 1. The Morgan fingerprint density at radius 1 is 1.00 bits per heavy atom. The molecule has 5 nitrogen and oxygen atoms in total. The van der Waals surface area contributed by atoms with Crippen LogP contribution in [0, 0.1) is 0 Å². The van der Waals surface area contributed by atoms with E-state index >= 15 is 0 Å². The summed E-state index contributed by atoms with van der Waals surface area (Å²) in [5.41, 5.74) is 1.51. The minimum absolute atomic E-state index is 0.285. The van der Waals surface area contributed by atoms with E-state index < -0.39 is 13.2 Å². The highest BCUT2D eigenvalue weighted by molar-refractivity contribution is 7.67. The van der Waals surface area contributed by atoms with Crippen molar-refractivity contribution in [2.75, 3.05) is 26.1 Å². The zero-order valence-corrected chi connectivity index (χ0v) is 16.2. The zero-order chi connectivity index (χ0) is 18.6. The second-order valence-electron chi connectivity index (χ2n) is 6.31. The van der Waals surface area contributed by atoms with Crippen LogP contribution in [-0.2, 0) is 9.09 Å². The third-order valence-corrected chi connectivity index (χ3v) is 6.52. The molecule has 0 aromatic heterocycles. The number of benzene rings is 2. The fourth-order valence-electron chi connectivity index (χ4n) is 2.50. The van der Waals surface area contributed by atoms with Crippen LogP contribution in [0.4, 0.5) is 5.69 Å². The largest absolute Gasteiger partial charge is 0.497 e. The summed E-state index contributed by atoms with van der Waals surface area (Å²) in [4.78, 5) is 1.96. The van der Waals surface area contributed by atoms with Crippen LogP contribution in [0.2, 0.25) is 0 Å². The Labute approximate surface area is 149 Å². The number of aliphatic hydroxyl groups is 1. The van der Waals surface area contributed by atoms with Crippen molar-refractivity contribution >= 4 is 18.4 Å². The van der Waals surface area contributed by atoms with Crippen molar-refractivity contribution in [2.24, 2.45) is 0 Å². The Balaban J connectivity index is 2.43. The smallest absolute Gasteiger partial charge is 0.264 e. The minimum Gasteiger partial charge on any atom is -0.497 e. The second kappa shape index (κ2) is 8.05. The van der Waals surface area contributed by atoms with Crippen LogP contribution in [0.25, 0.3) is 0 Å². The van der Waals surface area contributed by atoms with Crippen molar-refractivity contribution in [1.29, 1.82) is 0 Å². The summed E-state index contributed by atoms with van der Waals surface area (Å²) in [6.45, 7) is 3.61. The Bertz CT molecular complexity index is 726. The van der Waals surface area contributed by atoms with Crippen LogP contribution >= 0.6 is 7.37 Å². The van der Waals surface area contributed by atoms with E-state index in [1.807, 2.05) is 45.0 Å². The molecule has 0 saturated heterocycles. The number of hydrogen-bond acceptors (Lipinski definition) is 5. The molecule has 2 atom stereocenters. The van der Waals surface area contributed by atoms with Gasteiger partial charge in [0.15, 0.2) is 5.85 Å². The average Bonchev–Trinajstić information content (AvgIpc) is 2.60. The standard InChI is InChI=1S/C19H26NO4P/c1-14(2)24-25(22,18-12-8-16(9-13-18)20(3)4)19(21)15-6-10-17(23-5)11-7-15/h6-14,19,21H,1-5H3/t19-,25+/m0/s1. The van der Waals surface area contributed by atoms with Gasteiger partial charge in [0.05, 0.1) is 13.2 Å². The van der Waals surface area contributed by atoms with Crippen molar-refractivity contribution in [2.45, 2.75) is 25.8 Å². The summed E-state index contributed by atoms with van der Waals surface area (Å²) in [6.07, 6.45) is -0.285. The summed E-state index contributed by atoms with van der Waals surface area (Å²) >= 11 is 0. The Morgan fingerprint density at radius 3 is 2.00 bits per heavy atom. The first-order valence-electron chi connectivity index (χ1n) is 8.16. The van der Waals surface area contributed by atoms with Gasteiger partial charge in [-0.1, -0.05) is 12.1 Å². The highest BCUT2D eigenvalue weighted by Crippen LogP contribution is 2.58. The van der Waals surface area contributed by atoms with Gasteiger partial charge in [-0.15, -0.1) is 0 Å². The van der Waals surface area contributed by atoms with E-state index in [2.05, 4.69) is 0 Å². The fraction of sp³-hybridized carbons (Fsp3) is 0.368. The van der Waals surface area contributed by atoms with Crippen LogP contribution in [0.15, 0.2) is 48.5 Å². The van der Waals surface area contributed by atoms with Crippen molar-refractivity contribution in [3.05, 3.63) is 54.1 Å². The maximum absolute atomic E-state index is 13.6. The first-order chi connectivity index (χ1) is 11.8. The molecule has 2 aromatic rings. The predicted octanol–water partition coefficient (Wildman–Crippen LogP) is 3.78. The lowest BCUT2D eigenvalue weighted by atomic mass is 10.2. The molecule has 0 saturated carbocycles. The molecule has 0 amide bonds. The quantitative estimate of drug-likeness (QED) is 0.759. The van der Waals surface area contributed by atoms with Gasteiger partial charge >= 0.3 is 0 Å². The molecule has 25 heavy (non-hydrogen) atoms. The van der Waals surface area contributed by atoms with Crippen LogP contribution in [-0.4, -0.2) is 32.4 Å². The molecule has 0 aliphatic heterocycles. The average molecular weight is 363 g/mol. The molecule has 2 rings (SSSR count). The summed E-state index contributed by atoms with van der Waals surface area (Å²) in [5.74, 6) is -0.572. The molecule has 0 fully saturated rings. The molecule has 0 aliphatic rings. The van der Waals surface area contributed by atoms with Gasteiger partial charge < -0.3 is 19.3 Å². The second-order valence-corrected chi connectivity index (χ2v) is 8.72. The molecule has 0 aliphatic carbocycles. The van der Waals surface area contributed by atoms with Crippen LogP contribution in [0.3, 0.4) is 0 Å². The Kier molecular flexibility index (Phi) is 6.28. The maximum Gasteiger partial charge on any atom is 0.264 e. The summed E-state index contributed by atoms with van der Waals surface area (Å²) in [6, 6.07) is 14.1. The monoisotopic (exact) mass is 363 g/mol. The van der Waals surface area contributed by atoms with E-state index in [-0.39, 0.29) is 6.10 Å². The van der Waals surface area contributed by atoms with Crippen LogP contribution in [0.5, 0.6) is 5.75 Å². The number of ether oxygens (including phenoxy) is 1. The van der Waals surface area contributed by atoms with Gasteiger partial charge in [-0.2, -0.15) is 0 Å². The number of methoxy groups -OCH3 is 1. The van der Waals surface area contributed by atoms with E-state index in [1.165, 1.54) is 0 Å². The van der Waals surface area contributed by atoms with E-state index in [1.54, 1.807) is 43.5 Å². The van der Waals surface area contributed by atoms with Crippen molar-refractivity contribution in [3.8, 4) is 5.75 Å². The SMILES string of the molecule is COc1ccc([C@@H](O)[P@](=O)(OC(C)C)c2ccc(N(C)C)cc2)cc1. The first-order valence-corrected chi connectivity index (χ1v) is 9.85. The first kappa shape index (κ1) is 19.5. The van der Waals surface area contributed by atoms with Crippen molar-refractivity contribution in [3.63, 3.8) is 0 Å². The number of rotatable bonds is 7. The lowest BCUT2D eigenvalue weighted by Gasteiger charge is -2.27. The highest BCUT2D eigenvalue weighted by Gasteiger charge is 2.37. The predicted molar refractivity (Wildman–Crippen MR) is 102 cm³/mol. The lowest BCUT2D eigenvalue weighted by Crippen LogP contribution is -2.18. The van der Waals surface area contributed by atoms with Gasteiger partial charge in [-0.3, -0.25) is 4.57 Å². The molecule has 0 spiro atoms. The topological polar surface area (TPSA) is 59.0 Å². The molecule has 0 bridgehead atoms. The maximum atomic E-state index is 13.6. The third-order valence-electron chi connectivity index (χ3n) is 3.83. The van der Waals surface area contributed by atoms with Gasteiger partial charge in [0, 0.05) is 25.1 Å². The number of anilines is 1. The highest BCUT2D eigenvalue weighted by atomic mass is 31.2. The van der Waals surface area contributed by atoms with Crippen LogP contribution in [0.1, 0.15) is 25.3 Å². The Morgan fingerprint density at radius 2 is 1.56 bits per heavy atom. The van der Waals surface area contributed by atoms with E-state index in [0.29, 0.717) is 16.6 Å². The van der Waals surface area contributed by atoms with E-state index in [9.17, 15) is 9.67 Å². The molecule has 0 heterocycles. The molecule has 6 heteroatoms. The molecule has 0 unspecified atom stereocenters. The fourth-order valence-corrected chi connectivity index (χ4v) is 4.78. The normalized spacial score (nSPS) is 14.8. The summed E-state index contributed by atoms with van der Waals surface area (Å²) < 4.78 is 24.5. The molecule has 1 N–H and O–H groups in total. The lowest BCUT2D eigenvalue weighted by molar-refractivity contribution is 0.188. The number of hydrogen-bond donors (Lipinski definition) is 1. The zero-order valence-electron chi connectivity index (χ0n) is 15.3. The third kappa shape index (κ3) is 4.43. The van der Waals surface area contributed by atoms with Crippen LogP contribution < -0.4 is 14.9 Å². The molecule has 136 valence electrons. The van der Waals surface area contributed by atoms with Gasteiger partial charge in [0.2, 0.25) is 0 Å². The van der Waals surface area contributed by atoms with Gasteiger partial charge in [0.1, 0.15) is 5.75 Å². The summed E-state index contributed by atoms with van der Waals surface area (Å²) in [5, 5.41) is 11.3. The van der Waals surface area contributed by atoms with Crippen molar-refractivity contribution in [1.82, 2.24) is 0 Å². The minimum atomic E-state index is -3.52. The van der Waals surface area contributed by atoms with Gasteiger partial charge in [-0.05, 0) is 55.8 Å². The van der Waals surface area contributed by atoms with E-state index in [4.69, 9.17) is 9.26 Å². The molecular weight excluding hydrogens is 337 g/mol. The summed E-state index contributed by atoms with van der Waals surface area (Å²) in [7, 11) is 1.93. The van der Waals surface area contributed by atoms with Crippen molar-refractivity contribution < 1.29 is 18.9 Å². The Hall–Kier alpha value is -1.81. The van der Waals surface area contributed by atoms with Gasteiger partial charge in [0.25, 0.3) is 7.37 Å². The van der Waals surface area contributed by atoms with Gasteiger partial charge in [-0.25, -0.2) is 0 Å². The molecule has 0 radical (unpaired) electrons. The number of nitrogens with zero attached hydrogens (tertiary/aromatic N) is 1. The molecular formula is C19H26NO4P. The molecule has 2 aromatic carbocycles. The van der Waals surface area contributed by atoms with E-state index in [0.717, 1.165) is 5.69 Å².